The van der Waals surface area contributed by atoms with Crippen LogP contribution >= 0.6 is 0 Å². The largest absolute Gasteiger partial charge is 0.492 e. The molecule has 0 saturated carbocycles. The number of ether oxygens (including phenoxy) is 1. The lowest BCUT2D eigenvalue weighted by Gasteiger charge is -2.25. The van der Waals surface area contributed by atoms with Crippen LogP contribution in [0.15, 0.2) is 53.4 Å². The number of hydrogen-bond acceptors (Lipinski definition) is 5. The summed E-state index contributed by atoms with van der Waals surface area (Å²) in [6, 6.07) is 11.6. The lowest BCUT2D eigenvalue weighted by Crippen LogP contribution is -2.15. The number of sulfonamides is 1. The molecule has 0 aromatic heterocycles. The number of hydrogen-bond donors (Lipinski definition) is 1. The van der Waals surface area contributed by atoms with E-state index < -0.39 is 21.7 Å². The lowest BCUT2D eigenvalue weighted by atomic mass is 9.93. The number of primary sulfonamides is 1. The number of benzene rings is 3. The van der Waals surface area contributed by atoms with Crippen molar-refractivity contribution in [1.82, 2.24) is 0 Å². The van der Waals surface area contributed by atoms with Crippen LogP contribution in [0.1, 0.15) is 0 Å². The Morgan fingerprint density at radius 3 is 1.59 bits per heavy atom. The Hall–Kier alpha value is -3.17. The third kappa shape index (κ3) is 4.53. The third-order valence-corrected chi connectivity index (χ3v) is 6.01. The van der Waals surface area contributed by atoms with Gasteiger partial charge in [-0.2, -0.15) is 0 Å². The average Bonchev–Trinajstić information content (AvgIpc) is 2.73. The van der Waals surface area contributed by atoms with Gasteiger partial charge in [-0.1, -0.05) is 12.1 Å². The first-order valence-electron chi connectivity index (χ1n) is 9.63. The van der Waals surface area contributed by atoms with E-state index in [-0.39, 0.29) is 4.90 Å². The minimum Gasteiger partial charge on any atom is -0.492 e. The van der Waals surface area contributed by atoms with E-state index in [9.17, 15) is 17.2 Å². The zero-order chi connectivity index (χ0) is 23.8. The second-order valence-corrected chi connectivity index (χ2v) is 9.28. The molecule has 0 spiro atoms. The predicted molar refractivity (Wildman–Crippen MR) is 124 cm³/mol. The number of nitrogens with zero attached hydrogens (tertiary/aromatic N) is 2. The molecule has 0 unspecified atom stereocenters. The Morgan fingerprint density at radius 2 is 1.22 bits per heavy atom. The molecular weight excluding hydrogens is 436 g/mol. The van der Waals surface area contributed by atoms with Gasteiger partial charge in [-0.15, -0.1) is 0 Å². The molecule has 0 radical (unpaired) electrons. The number of anilines is 2. The fourth-order valence-electron chi connectivity index (χ4n) is 3.48. The number of nitrogens with two attached hydrogens (primary N) is 1. The zero-order valence-electron chi connectivity index (χ0n) is 18.5. The van der Waals surface area contributed by atoms with Crippen molar-refractivity contribution >= 4 is 21.4 Å². The van der Waals surface area contributed by atoms with Gasteiger partial charge in [0.15, 0.2) is 17.4 Å². The Balaban J connectivity index is 2.31. The van der Waals surface area contributed by atoms with Gasteiger partial charge in [0.2, 0.25) is 10.0 Å². The fourth-order valence-corrected chi connectivity index (χ4v) is 3.99. The van der Waals surface area contributed by atoms with Crippen LogP contribution in [0.25, 0.3) is 22.3 Å². The first kappa shape index (κ1) is 23.5. The maximum Gasteiger partial charge on any atom is 0.238 e. The van der Waals surface area contributed by atoms with E-state index in [1.165, 1.54) is 24.3 Å². The number of methoxy groups -OCH3 is 1. The minimum absolute atomic E-state index is 0.0698. The highest BCUT2D eigenvalue weighted by Crippen LogP contribution is 2.43. The maximum atomic E-state index is 14.3. The van der Waals surface area contributed by atoms with Gasteiger partial charge in [-0.3, -0.25) is 0 Å². The molecule has 9 heteroatoms. The molecule has 0 bridgehead atoms. The summed E-state index contributed by atoms with van der Waals surface area (Å²) in [5.74, 6) is -1.35. The summed E-state index contributed by atoms with van der Waals surface area (Å²) in [5.41, 5.74) is 3.52. The zero-order valence-corrected chi connectivity index (χ0v) is 19.3. The summed E-state index contributed by atoms with van der Waals surface area (Å²) in [7, 11) is 5.14. The molecule has 0 heterocycles. The van der Waals surface area contributed by atoms with E-state index in [4.69, 9.17) is 9.88 Å². The Labute approximate surface area is 186 Å². The molecule has 0 saturated heterocycles. The van der Waals surface area contributed by atoms with Gasteiger partial charge in [0, 0.05) is 28.2 Å². The summed E-state index contributed by atoms with van der Waals surface area (Å²) in [6.45, 7) is 0. The second kappa shape index (κ2) is 8.76. The highest BCUT2D eigenvalue weighted by atomic mass is 32.2. The number of halogens is 2. The molecule has 170 valence electrons. The first-order chi connectivity index (χ1) is 14.9. The van der Waals surface area contributed by atoms with E-state index >= 15 is 0 Å². The Bertz CT molecular complexity index is 1230. The van der Waals surface area contributed by atoms with Gasteiger partial charge >= 0.3 is 0 Å². The molecule has 2 N–H and O–H groups in total. The molecule has 3 rings (SSSR count). The van der Waals surface area contributed by atoms with Gasteiger partial charge in [0.05, 0.1) is 23.4 Å². The van der Waals surface area contributed by atoms with Gasteiger partial charge in [0.1, 0.15) is 0 Å². The highest BCUT2D eigenvalue weighted by molar-refractivity contribution is 7.89. The molecule has 0 aliphatic rings. The van der Waals surface area contributed by atoms with Crippen LogP contribution in [0.3, 0.4) is 0 Å². The van der Waals surface area contributed by atoms with E-state index in [1.54, 1.807) is 7.11 Å². The second-order valence-electron chi connectivity index (χ2n) is 7.72. The predicted octanol–water partition coefficient (Wildman–Crippen LogP) is 4.09. The van der Waals surface area contributed by atoms with Crippen LogP contribution in [0, 0.1) is 11.6 Å². The van der Waals surface area contributed by atoms with Crippen molar-refractivity contribution in [3.63, 3.8) is 0 Å². The topological polar surface area (TPSA) is 75.9 Å². The first-order valence-corrected chi connectivity index (χ1v) is 11.2. The van der Waals surface area contributed by atoms with Gasteiger partial charge in [-0.05, 0) is 58.7 Å². The number of rotatable bonds is 6. The standard InChI is InChI=1S/C23H25F2N3O3S/c1-27(2)21-10-15(11-22(28(3)4)23(21)31-5)18-13-20(25)19(24)12-17(18)14-6-8-16(9-7-14)32(26,29)30/h6-13H,1-5H3,(H2,26,29,30). The van der Waals surface area contributed by atoms with Crippen molar-refractivity contribution in [3.05, 3.63) is 60.2 Å². The molecular formula is C23H25F2N3O3S. The normalized spacial score (nSPS) is 11.4. The van der Waals surface area contributed by atoms with Crippen LogP contribution in [0.4, 0.5) is 20.2 Å². The maximum absolute atomic E-state index is 14.3. The smallest absolute Gasteiger partial charge is 0.238 e. The highest BCUT2D eigenvalue weighted by Gasteiger charge is 2.20. The van der Waals surface area contributed by atoms with E-state index in [0.717, 1.165) is 23.5 Å². The molecule has 0 atom stereocenters. The van der Waals surface area contributed by atoms with Gasteiger partial charge in [-0.25, -0.2) is 22.3 Å². The third-order valence-electron chi connectivity index (χ3n) is 5.08. The van der Waals surface area contributed by atoms with Gasteiger partial charge < -0.3 is 14.5 Å². The van der Waals surface area contributed by atoms with Gasteiger partial charge in [0.25, 0.3) is 0 Å². The lowest BCUT2D eigenvalue weighted by molar-refractivity contribution is 0.416. The van der Waals surface area contributed by atoms with Crippen LogP contribution in [-0.2, 0) is 10.0 Å². The summed E-state index contributed by atoms with van der Waals surface area (Å²) in [6.07, 6.45) is 0. The van der Waals surface area contributed by atoms with Crippen LogP contribution < -0.4 is 19.7 Å². The molecule has 0 amide bonds. The fraction of sp³-hybridized carbons (Fsp3) is 0.217. The Morgan fingerprint density at radius 1 is 0.781 bits per heavy atom. The Kier molecular flexibility index (Phi) is 6.43. The molecule has 6 nitrogen and oxygen atoms in total. The SMILES string of the molecule is COc1c(N(C)C)cc(-c2cc(F)c(F)cc2-c2ccc(S(N)(=O)=O)cc2)cc1N(C)C. The van der Waals surface area contributed by atoms with E-state index in [1.807, 2.05) is 50.1 Å². The molecule has 3 aromatic rings. The van der Waals surface area contributed by atoms with Crippen molar-refractivity contribution in [2.45, 2.75) is 4.90 Å². The quantitative estimate of drug-likeness (QED) is 0.599. The molecule has 32 heavy (non-hydrogen) atoms. The molecule has 3 aromatic carbocycles. The molecule has 0 aliphatic carbocycles. The van der Waals surface area contributed by atoms with Crippen LogP contribution in [0.2, 0.25) is 0 Å². The van der Waals surface area contributed by atoms with Crippen molar-refractivity contribution in [2.24, 2.45) is 5.14 Å². The van der Waals surface area contributed by atoms with Crippen molar-refractivity contribution in [2.75, 3.05) is 45.1 Å². The van der Waals surface area contributed by atoms with E-state index in [2.05, 4.69) is 0 Å². The van der Waals surface area contributed by atoms with Crippen molar-refractivity contribution in [3.8, 4) is 28.0 Å². The summed E-state index contributed by atoms with van der Waals surface area (Å²) < 4.78 is 57.3. The van der Waals surface area contributed by atoms with Crippen molar-refractivity contribution in [1.29, 1.82) is 0 Å². The van der Waals surface area contributed by atoms with Crippen LogP contribution in [0.5, 0.6) is 5.75 Å². The summed E-state index contributed by atoms with van der Waals surface area (Å²) in [4.78, 5) is 3.67. The summed E-state index contributed by atoms with van der Waals surface area (Å²) in [5, 5.41) is 5.17. The summed E-state index contributed by atoms with van der Waals surface area (Å²) >= 11 is 0. The monoisotopic (exact) mass is 461 g/mol. The molecule has 0 fully saturated rings. The minimum atomic E-state index is -3.88. The van der Waals surface area contributed by atoms with Crippen molar-refractivity contribution < 1.29 is 21.9 Å². The van der Waals surface area contributed by atoms with E-state index in [0.29, 0.717) is 28.0 Å². The van der Waals surface area contributed by atoms with Crippen LogP contribution in [-0.4, -0.2) is 43.7 Å². The average molecular weight is 462 g/mol. The molecule has 0 aliphatic heterocycles.